The molecule has 1 unspecified atom stereocenters. The average molecular weight is 364 g/mol. The van der Waals surface area contributed by atoms with Crippen LogP contribution in [0.15, 0.2) is 22.7 Å². The maximum absolute atomic E-state index is 12.9. The predicted molar refractivity (Wildman–Crippen MR) is 80.1 cm³/mol. The number of rotatable bonds is 7. The lowest BCUT2D eigenvalue weighted by atomic mass is 10.2. The van der Waals surface area contributed by atoms with Crippen LogP contribution in [0, 0.1) is 5.82 Å². The van der Waals surface area contributed by atoms with Crippen LogP contribution in [0.5, 0.6) is 0 Å². The summed E-state index contributed by atoms with van der Waals surface area (Å²) in [6, 6.07) is 3.61. The number of carboxylic acids is 1. The van der Waals surface area contributed by atoms with E-state index in [1.54, 1.807) is 6.07 Å². The van der Waals surface area contributed by atoms with E-state index in [2.05, 4.69) is 21.2 Å². The molecule has 2 N–H and O–H groups in total. The molecule has 0 fully saturated rings. The molecule has 4 nitrogen and oxygen atoms in total. The molecule has 1 aromatic rings. The van der Waals surface area contributed by atoms with Crippen LogP contribution in [0.1, 0.15) is 18.9 Å². The largest absolute Gasteiger partial charge is 0.480 e. The summed E-state index contributed by atoms with van der Waals surface area (Å²) in [4.78, 5) is 21.8. The van der Waals surface area contributed by atoms with E-state index in [1.165, 1.54) is 30.8 Å². The lowest BCUT2D eigenvalue weighted by Gasteiger charge is -2.12. The molecule has 1 amide bonds. The van der Waals surface area contributed by atoms with Gasteiger partial charge in [-0.15, -0.1) is 0 Å². The van der Waals surface area contributed by atoms with Gasteiger partial charge in [-0.05, 0) is 29.9 Å². The fourth-order valence-corrected chi connectivity index (χ4v) is 3.22. The summed E-state index contributed by atoms with van der Waals surface area (Å²) in [5.74, 6) is -0.469. The maximum Gasteiger partial charge on any atom is 0.326 e. The van der Waals surface area contributed by atoms with Crippen molar-refractivity contribution in [3.63, 3.8) is 0 Å². The van der Waals surface area contributed by atoms with Gasteiger partial charge in [-0.25, -0.2) is 9.18 Å². The number of benzene rings is 1. The van der Waals surface area contributed by atoms with Gasteiger partial charge in [-0.1, -0.05) is 22.0 Å². The van der Waals surface area contributed by atoms with Crippen LogP contribution in [0.25, 0.3) is 0 Å². The second-order valence-electron chi connectivity index (χ2n) is 4.17. The van der Waals surface area contributed by atoms with Gasteiger partial charge in [0.15, 0.2) is 0 Å². The third-order valence-corrected chi connectivity index (χ3v) is 4.28. The number of halogens is 2. The van der Waals surface area contributed by atoms with Crippen LogP contribution >= 0.6 is 27.7 Å². The summed E-state index contributed by atoms with van der Waals surface area (Å²) < 4.78 is 13.6. The van der Waals surface area contributed by atoms with Crippen molar-refractivity contribution in [2.45, 2.75) is 25.1 Å². The average Bonchev–Trinajstić information content (AvgIpc) is 2.34. The third-order valence-electron chi connectivity index (χ3n) is 2.50. The van der Waals surface area contributed by atoms with Crippen molar-refractivity contribution in [1.29, 1.82) is 0 Å². The number of nitrogens with one attached hydrogen (secondary N) is 1. The first-order chi connectivity index (χ1) is 9.40. The molecule has 110 valence electrons. The van der Waals surface area contributed by atoms with Crippen molar-refractivity contribution in [3.8, 4) is 0 Å². The fourth-order valence-electron chi connectivity index (χ4n) is 1.52. The van der Waals surface area contributed by atoms with Crippen LogP contribution in [-0.2, 0) is 15.3 Å². The molecule has 0 spiro atoms. The standard InChI is InChI=1S/C13H15BrFNO3S/c1-8(17)16-12(13(18)19)4-5-20-7-9-2-3-10(15)6-11(9)14/h2-3,6,12H,4-5,7H2,1H3,(H,16,17)(H,18,19). The van der Waals surface area contributed by atoms with Crippen molar-refractivity contribution >= 4 is 39.6 Å². The van der Waals surface area contributed by atoms with Gasteiger partial charge >= 0.3 is 5.97 Å². The Kier molecular flexibility index (Phi) is 7.01. The zero-order chi connectivity index (χ0) is 15.1. The van der Waals surface area contributed by atoms with Crippen molar-refractivity contribution in [2.75, 3.05) is 5.75 Å². The van der Waals surface area contributed by atoms with E-state index in [0.717, 1.165) is 5.56 Å². The summed E-state index contributed by atoms with van der Waals surface area (Å²) in [6.07, 6.45) is 0.346. The van der Waals surface area contributed by atoms with E-state index in [-0.39, 0.29) is 11.7 Å². The number of aliphatic carboxylic acids is 1. The number of carbonyl (C=O) groups excluding carboxylic acids is 1. The molecule has 1 aromatic carbocycles. The van der Waals surface area contributed by atoms with Gasteiger partial charge in [-0.2, -0.15) is 11.8 Å². The zero-order valence-electron chi connectivity index (χ0n) is 10.9. The Balaban J connectivity index is 2.40. The van der Waals surface area contributed by atoms with E-state index in [1.807, 2.05) is 0 Å². The Bertz CT molecular complexity index is 499. The molecule has 0 radical (unpaired) electrons. The molecule has 0 heterocycles. The zero-order valence-corrected chi connectivity index (χ0v) is 13.3. The topological polar surface area (TPSA) is 66.4 Å². The van der Waals surface area contributed by atoms with Crippen LogP contribution in [0.2, 0.25) is 0 Å². The molecule has 1 atom stereocenters. The van der Waals surface area contributed by atoms with E-state index in [4.69, 9.17) is 5.11 Å². The summed E-state index contributed by atoms with van der Waals surface area (Å²) in [5, 5.41) is 11.3. The predicted octanol–water partition coefficient (Wildman–Crippen LogP) is 2.80. The highest BCUT2D eigenvalue weighted by Crippen LogP contribution is 2.23. The van der Waals surface area contributed by atoms with Crippen molar-refractivity contribution < 1.29 is 19.1 Å². The van der Waals surface area contributed by atoms with Gasteiger partial charge in [-0.3, -0.25) is 4.79 Å². The molecule has 0 bridgehead atoms. The molecule has 7 heteroatoms. The maximum atomic E-state index is 12.9. The molecule has 0 aliphatic heterocycles. The molecule has 0 saturated heterocycles. The fraction of sp³-hybridized carbons (Fsp3) is 0.385. The van der Waals surface area contributed by atoms with Crippen molar-refractivity contribution in [2.24, 2.45) is 0 Å². The molecule has 0 aliphatic rings. The number of hydrogen-bond acceptors (Lipinski definition) is 3. The van der Waals surface area contributed by atoms with Gasteiger partial charge < -0.3 is 10.4 Å². The lowest BCUT2D eigenvalue weighted by Crippen LogP contribution is -2.39. The molecular weight excluding hydrogens is 349 g/mol. The summed E-state index contributed by atoms with van der Waals surface area (Å²) in [5.41, 5.74) is 0.947. The Morgan fingerprint density at radius 3 is 2.75 bits per heavy atom. The highest BCUT2D eigenvalue weighted by atomic mass is 79.9. The van der Waals surface area contributed by atoms with Gasteiger partial charge in [0.25, 0.3) is 0 Å². The van der Waals surface area contributed by atoms with E-state index >= 15 is 0 Å². The minimum absolute atomic E-state index is 0.303. The Morgan fingerprint density at radius 1 is 1.50 bits per heavy atom. The molecular formula is C13H15BrFNO3S. The van der Waals surface area contributed by atoms with E-state index in [0.29, 0.717) is 22.4 Å². The normalized spacial score (nSPS) is 11.9. The van der Waals surface area contributed by atoms with Gasteiger partial charge in [0.05, 0.1) is 0 Å². The molecule has 1 rings (SSSR count). The number of carbonyl (C=O) groups is 2. The van der Waals surface area contributed by atoms with E-state index in [9.17, 15) is 14.0 Å². The van der Waals surface area contributed by atoms with Crippen molar-refractivity contribution in [3.05, 3.63) is 34.1 Å². The highest BCUT2D eigenvalue weighted by molar-refractivity contribution is 9.10. The van der Waals surface area contributed by atoms with Gasteiger partial charge in [0, 0.05) is 17.1 Å². The number of amides is 1. The molecule has 20 heavy (non-hydrogen) atoms. The minimum Gasteiger partial charge on any atom is -0.480 e. The number of thioether (sulfide) groups is 1. The molecule has 0 aromatic heterocycles. The summed E-state index contributed by atoms with van der Waals surface area (Å²) in [7, 11) is 0. The minimum atomic E-state index is -1.04. The first-order valence-electron chi connectivity index (χ1n) is 5.91. The van der Waals surface area contributed by atoms with Crippen molar-refractivity contribution in [1.82, 2.24) is 5.32 Å². The van der Waals surface area contributed by atoms with Crippen LogP contribution in [0.4, 0.5) is 4.39 Å². The SMILES string of the molecule is CC(=O)NC(CCSCc1ccc(F)cc1Br)C(=O)O. The monoisotopic (exact) mass is 363 g/mol. The summed E-state index contributed by atoms with van der Waals surface area (Å²) in [6.45, 7) is 1.29. The second-order valence-corrected chi connectivity index (χ2v) is 6.13. The van der Waals surface area contributed by atoms with Crippen LogP contribution in [0.3, 0.4) is 0 Å². The van der Waals surface area contributed by atoms with E-state index < -0.39 is 12.0 Å². The van der Waals surface area contributed by atoms with Gasteiger partial charge in [0.2, 0.25) is 5.91 Å². The lowest BCUT2D eigenvalue weighted by molar-refractivity contribution is -0.141. The second kappa shape index (κ2) is 8.26. The Hall–Kier alpha value is -1.08. The first-order valence-corrected chi connectivity index (χ1v) is 7.86. The molecule has 0 saturated carbocycles. The first kappa shape index (κ1) is 17.0. The highest BCUT2D eigenvalue weighted by Gasteiger charge is 2.17. The van der Waals surface area contributed by atoms with Gasteiger partial charge in [0.1, 0.15) is 11.9 Å². The summed E-state index contributed by atoms with van der Waals surface area (Å²) >= 11 is 4.81. The van der Waals surface area contributed by atoms with Crippen LogP contribution < -0.4 is 5.32 Å². The molecule has 0 aliphatic carbocycles. The quantitative estimate of drug-likeness (QED) is 0.731. The third kappa shape index (κ3) is 5.92. The number of carboxylic acid groups (broad SMARTS) is 1. The Morgan fingerprint density at radius 2 is 2.20 bits per heavy atom. The van der Waals surface area contributed by atoms with Crippen LogP contribution in [-0.4, -0.2) is 28.8 Å². The Labute approximate surface area is 129 Å². The number of hydrogen-bond donors (Lipinski definition) is 2. The smallest absolute Gasteiger partial charge is 0.326 e.